The summed E-state index contributed by atoms with van der Waals surface area (Å²) in [6.07, 6.45) is 5.43. The third-order valence-electron chi connectivity index (χ3n) is 3.22. The number of hydrogen-bond acceptors (Lipinski definition) is 4. The zero-order chi connectivity index (χ0) is 14.7. The van der Waals surface area contributed by atoms with Gasteiger partial charge >= 0.3 is 0 Å². The van der Waals surface area contributed by atoms with E-state index in [4.69, 9.17) is 0 Å². The first-order valence-corrected chi connectivity index (χ1v) is 7.72. The van der Waals surface area contributed by atoms with E-state index in [1.54, 1.807) is 24.3 Å². The molecule has 0 spiro atoms. The molecular weight excluding hydrogens is 280 g/mol. The molecule has 3 aromatic rings. The molecule has 2 aromatic heterocycles. The lowest BCUT2D eigenvalue weighted by Gasteiger charge is -2.10. The van der Waals surface area contributed by atoms with E-state index >= 15 is 0 Å². The van der Waals surface area contributed by atoms with Crippen molar-refractivity contribution in [2.75, 3.05) is 0 Å². The smallest absolute Gasteiger partial charge is 0.195 e. The molecule has 0 amide bonds. The highest BCUT2D eigenvalue weighted by Crippen LogP contribution is 2.24. The van der Waals surface area contributed by atoms with Gasteiger partial charge in [-0.1, -0.05) is 35.5 Å². The molecule has 3 rings (SSSR count). The second-order valence-electron chi connectivity index (χ2n) is 4.92. The summed E-state index contributed by atoms with van der Waals surface area (Å²) < 4.78 is 2.04. The standard InChI is InChI=1S/C16H16N4S/c1-12-5-6-15(13(2)8-12)20-11-18-19-16(20)21-10-14-4-3-7-17-9-14/h3-9,11H,10H2,1-2H3. The summed E-state index contributed by atoms with van der Waals surface area (Å²) in [6.45, 7) is 4.21. The van der Waals surface area contributed by atoms with Crippen molar-refractivity contribution in [2.24, 2.45) is 0 Å². The van der Waals surface area contributed by atoms with Crippen LogP contribution in [0.2, 0.25) is 0 Å². The topological polar surface area (TPSA) is 43.6 Å². The molecule has 0 fully saturated rings. The first-order chi connectivity index (χ1) is 10.2. The molecule has 0 N–H and O–H groups in total. The molecule has 5 heteroatoms. The Bertz CT molecular complexity index is 737. The van der Waals surface area contributed by atoms with Gasteiger partial charge in [-0.15, -0.1) is 10.2 Å². The van der Waals surface area contributed by atoms with Crippen molar-refractivity contribution in [1.82, 2.24) is 19.7 Å². The number of rotatable bonds is 4. The molecule has 1 aromatic carbocycles. The highest BCUT2D eigenvalue weighted by molar-refractivity contribution is 7.98. The minimum atomic E-state index is 0.831. The Morgan fingerprint density at radius 3 is 2.86 bits per heavy atom. The Balaban J connectivity index is 1.84. The molecule has 0 aliphatic heterocycles. The molecule has 0 atom stereocenters. The van der Waals surface area contributed by atoms with Gasteiger partial charge in [0.2, 0.25) is 0 Å². The summed E-state index contributed by atoms with van der Waals surface area (Å²) in [5, 5.41) is 9.17. The molecule has 21 heavy (non-hydrogen) atoms. The minimum absolute atomic E-state index is 0.831. The molecule has 0 aliphatic carbocycles. The van der Waals surface area contributed by atoms with Crippen LogP contribution in [0.5, 0.6) is 0 Å². The van der Waals surface area contributed by atoms with Crippen molar-refractivity contribution >= 4 is 11.8 Å². The van der Waals surface area contributed by atoms with Gasteiger partial charge < -0.3 is 0 Å². The highest BCUT2D eigenvalue weighted by Gasteiger charge is 2.09. The van der Waals surface area contributed by atoms with Gasteiger partial charge in [0.25, 0.3) is 0 Å². The van der Waals surface area contributed by atoms with Crippen molar-refractivity contribution in [3.63, 3.8) is 0 Å². The SMILES string of the molecule is Cc1ccc(-n2cnnc2SCc2cccnc2)c(C)c1. The van der Waals surface area contributed by atoms with Crippen LogP contribution in [-0.4, -0.2) is 19.7 Å². The summed E-state index contributed by atoms with van der Waals surface area (Å²) >= 11 is 1.66. The zero-order valence-electron chi connectivity index (χ0n) is 12.0. The van der Waals surface area contributed by atoms with Crippen LogP contribution in [0, 0.1) is 13.8 Å². The van der Waals surface area contributed by atoms with E-state index in [9.17, 15) is 0 Å². The van der Waals surface area contributed by atoms with Crippen LogP contribution in [0.25, 0.3) is 5.69 Å². The van der Waals surface area contributed by atoms with Crippen molar-refractivity contribution in [3.05, 3.63) is 65.7 Å². The number of aromatic nitrogens is 4. The fourth-order valence-electron chi connectivity index (χ4n) is 2.20. The average molecular weight is 296 g/mol. The normalized spacial score (nSPS) is 10.8. The van der Waals surface area contributed by atoms with Gasteiger partial charge in [-0.3, -0.25) is 9.55 Å². The molecule has 0 bridgehead atoms. The quantitative estimate of drug-likeness (QED) is 0.690. The molecule has 0 aliphatic rings. The van der Waals surface area contributed by atoms with Crippen LogP contribution in [0.3, 0.4) is 0 Å². The summed E-state index contributed by atoms with van der Waals surface area (Å²) in [6, 6.07) is 10.4. The Labute approximate surface area is 128 Å². The second kappa shape index (κ2) is 6.10. The van der Waals surface area contributed by atoms with Gasteiger partial charge in [0.1, 0.15) is 6.33 Å². The monoisotopic (exact) mass is 296 g/mol. The van der Waals surface area contributed by atoms with E-state index in [1.165, 1.54) is 16.7 Å². The van der Waals surface area contributed by atoms with Gasteiger partial charge in [-0.25, -0.2) is 0 Å². The summed E-state index contributed by atoms with van der Waals surface area (Å²) in [5.74, 6) is 0.831. The number of aryl methyl sites for hydroxylation is 2. The lowest BCUT2D eigenvalue weighted by molar-refractivity contribution is 0.877. The van der Waals surface area contributed by atoms with Gasteiger partial charge in [0.15, 0.2) is 5.16 Å². The third-order valence-corrected chi connectivity index (χ3v) is 4.23. The fourth-order valence-corrected chi connectivity index (χ4v) is 3.05. The maximum absolute atomic E-state index is 4.23. The van der Waals surface area contributed by atoms with E-state index in [0.717, 1.165) is 16.6 Å². The van der Waals surface area contributed by atoms with Crippen LogP contribution < -0.4 is 0 Å². The predicted octanol–water partition coefficient (Wildman–Crippen LogP) is 3.57. The van der Waals surface area contributed by atoms with E-state index in [1.807, 2.05) is 16.8 Å². The highest BCUT2D eigenvalue weighted by atomic mass is 32.2. The van der Waals surface area contributed by atoms with Crippen molar-refractivity contribution in [1.29, 1.82) is 0 Å². The van der Waals surface area contributed by atoms with Crippen molar-refractivity contribution in [2.45, 2.75) is 24.8 Å². The fraction of sp³-hybridized carbons (Fsp3) is 0.188. The largest absolute Gasteiger partial charge is 0.276 e. The van der Waals surface area contributed by atoms with E-state index in [-0.39, 0.29) is 0 Å². The molecule has 0 saturated heterocycles. The second-order valence-corrected chi connectivity index (χ2v) is 5.87. The van der Waals surface area contributed by atoms with E-state index in [2.05, 4.69) is 53.3 Å². The van der Waals surface area contributed by atoms with Gasteiger partial charge in [-0.05, 0) is 37.1 Å². The third kappa shape index (κ3) is 3.13. The molecule has 106 valence electrons. The maximum Gasteiger partial charge on any atom is 0.195 e. The van der Waals surface area contributed by atoms with Crippen LogP contribution in [-0.2, 0) is 5.75 Å². The van der Waals surface area contributed by atoms with E-state index < -0.39 is 0 Å². The Morgan fingerprint density at radius 2 is 2.10 bits per heavy atom. The molecular formula is C16H16N4S. The lowest BCUT2D eigenvalue weighted by Crippen LogP contribution is -1.98. The van der Waals surface area contributed by atoms with Gasteiger partial charge in [0, 0.05) is 18.1 Å². The van der Waals surface area contributed by atoms with Crippen molar-refractivity contribution < 1.29 is 0 Å². The first kappa shape index (κ1) is 13.8. The average Bonchev–Trinajstić information content (AvgIpc) is 2.94. The van der Waals surface area contributed by atoms with Crippen molar-refractivity contribution in [3.8, 4) is 5.69 Å². The number of thioether (sulfide) groups is 1. The Kier molecular flexibility index (Phi) is 4.01. The molecule has 0 unspecified atom stereocenters. The van der Waals surface area contributed by atoms with E-state index in [0.29, 0.717) is 0 Å². The van der Waals surface area contributed by atoms with Crippen LogP contribution in [0.15, 0.2) is 54.2 Å². The molecule has 0 radical (unpaired) electrons. The summed E-state index contributed by atoms with van der Waals surface area (Å²) in [4.78, 5) is 4.13. The molecule has 4 nitrogen and oxygen atoms in total. The van der Waals surface area contributed by atoms with Crippen LogP contribution >= 0.6 is 11.8 Å². The Morgan fingerprint density at radius 1 is 1.19 bits per heavy atom. The first-order valence-electron chi connectivity index (χ1n) is 6.73. The predicted molar refractivity (Wildman–Crippen MR) is 84.6 cm³/mol. The van der Waals surface area contributed by atoms with Gasteiger partial charge in [0.05, 0.1) is 5.69 Å². The molecule has 2 heterocycles. The summed E-state index contributed by atoms with van der Waals surface area (Å²) in [7, 11) is 0. The minimum Gasteiger partial charge on any atom is -0.276 e. The number of benzene rings is 1. The maximum atomic E-state index is 4.23. The lowest BCUT2D eigenvalue weighted by atomic mass is 10.1. The summed E-state index contributed by atoms with van der Waals surface area (Å²) in [5.41, 5.74) is 4.78. The van der Waals surface area contributed by atoms with Gasteiger partial charge in [-0.2, -0.15) is 0 Å². The number of hydrogen-bond donors (Lipinski definition) is 0. The Hall–Kier alpha value is -2.14. The number of nitrogens with zero attached hydrogens (tertiary/aromatic N) is 4. The van der Waals surface area contributed by atoms with Crippen LogP contribution in [0.1, 0.15) is 16.7 Å². The van der Waals surface area contributed by atoms with Crippen LogP contribution in [0.4, 0.5) is 0 Å². The zero-order valence-corrected chi connectivity index (χ0v) is 12.8. The number of pyridine rings is 1. The molecule has 0 saturated carbocycles.